The average Bonchev–Trinajstić information content (AvgIpc) is 2.49. The normalized spacial score (nSPS) is 10.5. The minimum Gasteiger partial charge on any atom is -0.496 e. The van der Waals surface area contributed by atoms with Crippen LogP contribution in [0.4, 0.5) is 0 Å². The molecule has 23 heavy (non-hydrogen) atoms. The SMILES string of the molecule is COc1c(CC=C(C)C)cc2ccc(=O)oc2c1CC=C(C)C. The highest BCUT2D eigenvalue weighted by Gasteiger charge is 2.15. The third kappa shape index (κ3) is 4.13. The maximum absolute atomic E-state index is 11.6. The van der Waals surface area contributed by atoms with Crippen molar-refractivity contribution in [2.45, 2.75) is 40.5 Å². The van der Waals surface area contributed by atoms with Gasteiger partial charge in [-0.25, -0.2) is 4.79 Å². The second-order valence-corrected chi connectivity index (χ2v) is 6.19. The quantitative estimate of drug-likeness (QED) is 0.587. The van der Waals surface area contributed by atoms with Crippen molar-refractivity contribution in [1.82, 2.24) is 0 Å². The molecule has 0 atom stereocenters. The zero-order valence-electron chi connectivity index (χ0n) is 14.5. The maximum atomic E-state index is 11.6. The average molecular weight is 312 g/mol. The number of benzene rings is 1. The lowest BCUT2D eigenvalue weighted by Crippen LogP contribution is -2.02. The molecule has 122 valence electrons. The van der Waals surface area contributed by atoms with E-state index in [0.717, 1.165) is 28.7 Å². The number of allylic oxidation sites excluding steroid dienone is 4. The number of hydrogen-bond acceptors (Lipinski definition) is 3. The number of methoxy groups -OCH3 is 1. The van der Waals surface area contributed by atoms with Crippen LogP contribution in [0.25, 0.3) is 11.0 Å². The third-order valence-electron chi connectivity index (χ3n) is 3.68. The fourth-order valence-corrected chi connectivity index (χ4v) is 2.54. The molecule has 0 saturated heterocycles. The van der Waals surface area contributed by atoms with Gasteiger partial charge in [0.15, 0.2) is 0 Å². The standard InChI is InChI=1S/C20H24O3/c1-13(2)6-8-15-12-16-9-11-18(21)23-20(16)17(19(15)22-5)10-7-14(3)4/h6-7,9,11-12H,8,10H2,1-5H3. The Bertz CT molecular complexity index is 815. The molecule has 2 rings (SSSR count). The number of hydrogen-bond donors (Lipinski definition) is 0. The summed E-state index contributed by atoms with van der Waals surface area (Å²) in [6, 6.07) is 5.32. The van der Waals surface area contributed by atoms with E-state index < -0.39 is 0 Å². The first-order valence-corrected chi connectivity index (χ1v) is 7.81. The summed E-state index contributed by atoms with van der Waals surface area (Å²) in [6.07, 6.45) is 5.77. The molecule has 0 spiro atoms. The van der Waals surface area contributed by atoms with Crippen LogP contribution in [0.5, 0.6) is 5.75 Å². The van der Waals surface area contributed by atoms with Crippen molar-refractivity contribution < 1.29 is 9.15 Å². The van der Waals surface area contributed by atoms with Crippen molar-refractivity contribution in [3.63, 3.8) is 0 Å². The van der Waals surface area contributed by atoms with Crippen LogP contribution in [0.2, 0.25) is 0 Å². The van der Waals surface area contributed by atoms with E-state index in [-0.39, 0.29) is 5.63 Å². The Labute approximate surface area is 137 Å². The fraction of sp³-hybridized carbons (Fsp3) is 0.350. The van der Waals surface area contributed by atoms with E-state index in [1.54, 1.807) is 7.11 Å². The highest BCUT2D eigenvalue weighted by Crippen LogP contribution is 2.33. The molecule has 1 aromatic heterocycles. The summed E-state index contributed by atoms with van der Waals surface area (Å²) in [7, 11) is 1.67. The van der Waals surface area contributed by atoms with E-state index in [1.807, 2.05) is 12.1 Å². The van der Waals surface area contributed by atoms with Gasteiger partial charge >= 0.3 is 5.63 Å². The molecule has 1 aromatic carbocycles. The Morgan fingerprint density at radius 1 is 1.09 bits per heavy atom. The van der Waals surface area contributed by atoms with Gasteiger partial charge in [-0.3, -0.25) is 0 Å². The highest BCUT2D eigenvalue weighted by atomic mass is 16.5. The van der Waals surface area contributed by atoms with Crippen LogP contribution in [0.1, 0.15) is 38.8 Å². The van der Waals surface area contributed by atoms with E-state index in [9.17, 15) is 4.79 Å². The van der Waals surface area contributed by atoms with Crippen LogP contribution < -0.4 is 10.4 Å². The minimum atomic E-state index is -0.338. The van der Waals surface area contributed by atoms with Crippen molar-refractivity contribution in [3.8, 4) is 5.75 Å². The maximum Gasteiger partial charge on any atom is 0.336 e. The Balaban J connectivity index is 2.72. The number of fused-ring (bicyclic) bond motifs is 1. The third-order valence-corrected chi connectivity index (χ3v) is 3.68. The van der Waals surface area contributed by atoms with Crippen LogP contribution in [-0.4, -0.2) is 7.11 Å². The molecule has 0 saturated carbocycles. The molecule has 2 aromatic rings. The molecule has 0 aliphatic heterocycles. The summed E-state index contributed by atoms with van der Waals surface area (Å²) < 4.78 is 11.1. The Kier molecular flexibility index (Phi) is 5.43. The van der Waals surface area contributed by atoms with Gasteiger partial charge in [-0.15, -0.1) is 0 Å². The molecule has 3 heteroatoms. The lowest BCUT2D eigenvalue weighted by Gasteiger charge is -2.14. The van der Waals surface area contributed by atoms with E-state index >= 15 is 0 Å². The van der Waals surface area contributed by atoms with Gasteiger partial charge in [-0.2, -0.15) is 0 Å². The molecule has 0 unspecified atom stereocenters. The van der Waals surface area contributed by atoms with Gasteiger partial charge in [0.2, 0.25) is 0 Å². The molecular formula is C20H24O3. The van der Waals surface area contributed by atoms with Crippen LogP contribution in [0, 0.1) is 0 Å². The van der Waals surface area contributed by atoms with Crippen LogP contribution >= 0.6 is 0 Å². The highest BCUT2D eigenvalue weighted by molar-refractivity contribution is 5.84. The van der Waals surface area contributed by atoms with Crippen molar-refractivity contribution in [2.24, 2.45) is 0 Å². The van der Waals surface area contributed by atoms with Gasteiger partial charge in [0, 0.05) is 17.0 Å². The summed E-state index contributed by atoms with van der Waals surface area (Å²) in [5, 5.41) is 0.930. The van der Waals surface area contributed by atoms with Gasteiger partial charge in [0.25, 0.3) is 0 Å². The second kappa shape index (κ2) is 7.32. The van der Waals surface area contributed by atoms with Crippen LogP contribution in [0.3, 0.4) is 0 Å². The smallest absolute Gasteiger partial charge is 0.336 e. The lowest BCUT2D eigenvalue weighted by molar-refractivity contribution is 0.405. The molecule has 0 bridgehead atoms. The molecule has 0 fully saturated rings. The first-order valence-electron chi connectivity index (χ1n) is 7.81. The molecule has 0 N–H and O–H groups in total. The predicted octanol–water partition coefficient (Wildman–Crippen LogP) is 4.82. The fourth-order valence-electron chi connectivity index (χ4n) is 2.54. The van der Waals surface area contributed by atoms with E-state index in [2.05, 4.69) is 39.8 Å². The van der Waals surface area contributed by atoms with E-state index in [4.69, 9.17) is 9.15 Å². The van der Waals surface area contributed by atoms with E-state index in [1.165, 1.54) is 17.2 Å². The summed E-state index contributed by atoms with van der Waals surface area (Å²) in [6.45, 7) is 8.27. The Hall–Kier alpha value is -2.29. The zero-order chi connectivity index (χ0) is 17.0. The van der Waals surface area contributed by atoms with Crippen molar-refractivity contribution in [1.29, 1.82) is 0 Å². The molecule has 0 aliphatic carbocycles. The molecule has 1 heterocycles. The van der Waals surface area contributed by atoms with E-state index in [0.29, 0.717) is 12.0 Å². The molecule has 3 nitrogen and oxygen atoms in total. The topological polar surface area (TPSA) is 39.4 Å². The predicted molar refractivity (Wildman–Crippen MR) is 95.3 cm³/mol. The number of ether oxygens (including phenoxy) is 1. The van der Waals surface area contributed by atoms with Gasteiger partial charge in [-0.1, -0.05) is 23.3 Å². The molecule has 0 radical (unpaired) electrons. The van der Waals surface area contributed by atoms with Crippen LogP contribution in [-0.2, 0) is 12.8 Å². The summed E-state index contributed by atoms with van der Waals surface area (Å²) >= 11 is 0. The van der Waals surface area contributed by atoms with Crippen LogP contribution in [0.15, 0.2) is 50.7 Å². The molecule has 0 amide bonds. The lowest BCUT2D eigenvalue weighted by atomic mass is 9.98. The summed E-state index contributed by atoms with van der Waals surface area (Å²) in [4.78, 5) is 11.6. The van der Waals surface area contributed by atoms with Gasteiger partial charge in [0.1, 0.15) is 11.3 Å². The zero-order valence-corrected chi connectivity index (χ0v) is 14.5. The largest absolute Gasteiger partial charge is 0.496 e. The van der Waals surface area contributed by atoms with Crippen molar-refractivity contribution >= 4 is 11.0 Å². The van der Waals surface area contributed by atoms with Crippen molar-refractivity contribution in [3.05, 3.63) is 63.0 Å². The van der Waals surface area contributed by atoms with Crippen molar-refractivity contribution in [2.75, 3.05) is 7.11 Å². The van der Waals surface area contributed by atoms with Gasteiger partial charge in [-0.05, 0) is 58.2 Å². The first kappa shape index (κ1) is 17.1. The Morgan fingerprint density at radius 3 is 2.35 bits per heavy atom. The monoisotopic (exact) mass is 312 g/mol. The Morgan fingerprint density at radius 2 is 1.74 bits per heavy atom. The summed E-state index contributed by atoms with van der Waals surface area (Å²) in [5.74, 6) is 0.807. The number of rotatable bonds is 5. The van der Waals surface area contributed by atoms with Gasteiger partial charge in [0.05, 0.1) is 7.11 Å². The minimum absolute atomic E-state index is 0.338. The second-order valence-electron chi connectivity index (χ2n) is 6.19. The molecule has 0 aliphatic rings. The summed E-state index contributed by atoms with van der Waals surface area (Å²) in [5.41, 5.74) is 4.79. The first-order chi connectivity index (χ1) is 10.9. The van der Waals surface area contributed by atoms with Gasteiger partial charge < -0.3 is 9.15 Å². The molecular weight excluding hydrogens is 288 g/mol.